The van der Waals surface area contributed by atoms with Gasteiger partial charge in [-0.05, 0) is 6.42 Å². The summed E-state index contributed by atoms with van der Waals surface area (Å²) in [7, 11) is 0. The Morgan fingerprint density at radius 2 is 1.82 bits per heavy atom. The summed E-state index contributed by atoms with van der Waals surface area (Å²) in [5.41, 5.74) is 5.29. The maximum absolute atomic E-state index is 9.40. The van der Waals surface area contributed by atoms with Gasteiger partial charge in [-0.25, -0.2) is 4.84 Å². The Hall–Kier alpha value is -1.75. The Bertz CT molecular complexity index is 362. The number of aromatic nitrogens is 3. The number of hydrogen-bond acceptors (Lipinski definition) is 10. The third-order valence-corrected chi connectivity index (χ3v) is 1.69. The summed E-state index contributed by atoms with van der Waals surface area (Å²) in [5.74, 6) is -1.18. The minimum atomic E-state index is -0.536. The van der Waals surface area contributed by atoms with Gasteiger partial charge in [-0.2, -0.15) is 15.0 Å². The standard InChI is InChI=1S/C7H14N6O4/c1-2-3-4-17-13(16)7-10-5(8)9-6(11-7)12(14)15/h14-16H,2-4H2,1H3,(H2,8,9,10,11). The third-order valence-electron chi connectivity index (χ3n) is 1.69. The van der Waals surface area contributed by atoms with Gasteiger partial charge in [0.15, 0.2) is 0 Å². The monoisotopic (exact) mass is 246 g/mol. The Morgan fingerprint density at radius 1 is 1.18 bits per heavy atom. The van der Waals surface area contributed by atoms with Crippen LogP contribution in [-0.2, 0) is 4.84 Å². The summed E-state index contributed by atoms with van der Waals surface area (Å²) >= 11 is 0. The Kier molecular flexibility index (Phi) is 4.78. The molecular formula is C7H14N6O4. The van der Waals surface area contributed by atoms with Crippen LogP contribution in [0.3, 0.4) is 0 Å². The average Bonchev–Trinajstić information content (AvgIpc) is 2.28. The summed E-state index contributed by atoms with van der Waals surface area (Å²) < 4.78 is 0. The second kappa shape index (κ2) is 6.10. The van der Waals surface area contributed by atoms with Crippen LogP contribution in [0.5, 0.6) is 0 Å². The zero-order valence-corrected chi connectivity index (χ0v) is 9.18. The van der Waals surface area contributed by atoms with E-state index in [-0.39, 0.29) is 23.7 Å². The van der Waals surface area contributed by atoms with Crippen molar-refractivity contribution in [1.82, 2.24) is 15.0 Å². The molecule has 0 unspecified atom stereocenters. The summed E-state index contributed by atoms with van der Waals surface area (Å²) in [5, 5.41) is 26.8. The third kappa shape index (κ3) is 3.96. The average molecular weight is 246 g/mol. The number of nitrogen functional groups attached to an aromatic ring is 1. The molecule has 0 radical (unpaired) electrons. The van der Waals surface area contributed by atoms with Crippen molar-refractivity contribution in [2.24, 2.45) is 0 Å². The number of nitrogens with two attached hydrogens (primary N) is 1. The molecule has 0 aliphatic heterocycles. The fraction of sp³-hybridized carbons (Fsp3) is 0.571. The number of unbranched alkanes of at least 4 members (excludes halogenated alkanes) is 1. The molecule has 0 amide bonds. The number of nitrogens with zero attached hydrogens (tertiary/aromatic N) is 5. The lowest BCUT2D eigenvalue weighted by Crippen LogP contribution is -2.24. The van der Waals surface area contributed by atoms with Gasteiger partial charge < -0.3 is 5.73 Å². The molecule has 10 heteroatoms. The second-order valence-electron chi connectivity index (χ2n) is 3.04. The molecule has 0 aliphatic rings. The molecule has 1 rings (SSSR count). The van der Waals surface area contributed by atoms with E-state index in [4.69, 9.17) is 21.0 Å². The smallest absolute Gasteiger partial charge is 0.284 e. The lowest BCUT2D eigenvalue weighted by Gasteiger charge is -2.15. The molecule has 0 bridgehead atoms. The van der Waals surface area contributed by atoms with E-state index in [2.05, 4.69) is 15.0 Å². The first-order valence-corrected chi connectivity index (χ1v) is 4.86. The van der Waals surface area contributed by atoms with E-state index in [1.807, 2.05) is 6.92 Å². The van der Waals surface area contributed by atoms with Crippen LogP contribution in [0, 0.1) is 0 Å². The van der Waals surface area contributed by atoms with Crippen LogP contribution in [0.15, 0.2) is 0 Å². The first kappa shape index (κ1) is 13.3. The van der Waals surface area contributed by atoms with Gasteiger partial charge in [-0.1, -0.05) is 23.8 Å². The topological polar surface area (TPSA) is 141 Å². The van der Waals surface area contributed by atoms with Crippen LogP contribution in [0.25, 0.3) is 0 Å². The quantitative estimate of drug-likeness (QED) is 0.399. The van der Waals surface area contributed by atoms with Crippen LogP contribution in [0.4, 0.5) is 17.8 Å². The van der Waals surface area contributed by atoms with Crippen molar-refractivity contribution in [3.63, 3.8) is 0 Å². The largest absolute Gasteiger partial charge is 0.368 e. The van der Waals surface area contributed by atoms with Crippen LogP contribution in [-0.4, -0.2) is 37.2 Å². The molecule has 0 fully saturated rings. The molecule has 0 atom stereocenters. The van der Waals surface area contributed by atoms with Crippen molar-refractivity contribution in [1.29, 1.82) is 0 Å². The summed E-state index contributed by atoms with van der Waals surface area (Å²) in [6.07, 6.45) is 1.62. The minimum Gasteiger partial charge on any atom is -0.368 e. The number of anilines is 3. The van der Waals surface area contributed by atoms with E-state index in [0.29, 0.717) is 5.23 Å². The van der Waals surface area contributed by atoms with E-state index < -0.39 is 5.95 Å². The van der Waals surface area contributed by atoms with Crippen LogP contribution in [0.2, 0.25) is 0 Å². The molecule has 1 aromatic rings. The maximum atomic E-state index is 9.40. The predicted molar refractivity (Wildman–Crippen MR) is 55.4 cm³/mol. The van der Waals surface area contributed by atoms with Gasteiger partial charge >= 0.3 is 0 Å². The summed E-state index contributed by atoms with van der Waals surface area (Å²) in [6.45, 7) is 2.22. The number of rotatable bonds is 6. The highest BCUT2D eigenvalue weighted by Crippen LogP contribution is 2.12. The molecule has 0 saturated heterocycles. The lowest BCUT2D eigenvalue weighted by atomic mass is 10.4. The van der Waals surface area contributed by atoms with Crippen molar-refractivity contribution in [2.45, 2.75) is 19.8 Å². The van der Waals surface area contributed by atoms with Gasteiger partial charge in [-0.15, -0.1) is 0 Å². The molecule has 0 saturated carbocycles. The second-order valence-corrected chi connectivity index (χ2v) is 3.04. The zero-order valence-electron chi connectivity index (χ0n) is 9.18. The maximum Gasteiger partial charge on any atom is 0.284 e. The molecule has 17 heavy (non-hydrogen) atoms. The fourth-order valence-corrected chi connectivity index (χ4v) is 0.897. The Labute approximate surface area is 96.7 Å². The van der Waals surface area contributed by atoms with Gasteiger partial charge in [0.05, 0.1) is 6.61 Å². The molecule has 0 aliphatic carbocycles. The van der Waals surface area contributed by atoms with E-state index in [1.165, 1.54) is 0 Å². The molecule has 0 aromatic carbocycles. The minimum absolute atomic E-state index is 0.260. The Balaban J connectivity index is 2.75. The first-order chi connectivity index (χ1) is 8.04. The van der Waals surface area contributed by atoms with E-state index in [0.717, 1.165) is 12.8 Å². The molecule has 1 heterocycles. The summed E-state index contributed by atoms with van der Waals surface area (Å²) in [6, 6.07) is 0. The van der Waals surface area contributed by atoms with Crippen molar-refractivity contribution in [3.8, 4) is 0 Å². The van der Waals surface area contributed by atoms with Gasteiger partial charge in [-0.3, -0.25) is 15.6 Å². The van der Waals surface area contributed by atoms with Crippen molar-refractivity contribution in [2.75, 3.05) is 22.8 Å². The van der Waals surface area contributed by atoms with Crippen LogP contribution in [0.1, 0.15) is 19.8 Å². The summed E-state index contributed by atoms with van der Waals surface area (Å²) in [4.78, 5) is 15.3. The van der Waals surface area contributed by atoms with Gasteiger partial charge in [0.1, 0.15) is 0 Å². The molecule has 1 aromatic heterocycles. The molecule has 5 N–H and O–H groups in total. The van der Waals surface area contributed by atoms with Crippen molar-refractivity contribution >= 4 is 17.8 Å². The highest BCUT2D eigenvalue weighted by Gasteiger charge is 2.13. The van der Waals surface area contributed by atoms with E-state index in [1.54, 1.807) is 0 Å². The normalized spacial score (nSPS) is 10.4. The van der Waals surface area contributed by atoms with Gasteiger partial charge in [0.25, 0.3) is 11.9 Å². The highest BCUT2D eigenvalue weighted by atomic mass is 16.9. The lowest BCUT2D eigenvalue weighted by molar-refractivity contribution is -0.0460. The van der Waals surface area contributed by atoms with E-state index >= 15 is 0 Å². The Morgan fingerprint density at radius 3 is 2.41 bits per heavy atom. The highest BCUT2D eigenvalue weighted by molar-refractivity contribution is 5.37. The molecule has 0 spiro atoms. The van der Waals surface area contributed by atoms with Crippen molar-refractivity contribution in [3.05, 3.63) is 0 Å². The predicted octanol–water partition coefficient (Wildman–Crippen LogP) is -0.0341. The van der Waals surface area contributed by atoms with Gasteiger partial charge in [0.2, 0.25) is 5.95 Å². The molecule has 96 valence electrons. The van der Waals surface area contributed by atoms with E-state index in [9.17, 15) is 5.21 Å². The number of hydrogen-bond donors (Lipinski definition) is 4. The van der Waals surface area contributed by atoms with Crippen LogP contribution >= 0.6 is 0 Å². The SMILES string of the molecule is CCCCON(O)c1nc(N)nc(N(O)O)n1. The fourth-order valence-electron chi connectivity index (χ4n) is 0.897. The zero-order chi connectivity index (χ0) is 12.8. The van der Waals surface area contributed by atoms with Crippen molar-refractivity contribution < 1.29 is 20.5 Å². The molecule has 10 nitrogen and oxygen atoms in total. The van der Waals surface area contributed by atoms with Gasteiger partial charge in [0, 0.05) is 0 Å². The molecular weight excluding hydrogens is 232 g/mol. The van der Waals surface area contributed by atoms with Crippen LogP contribution < -0.4 is 16.2 Å². The first-order valence-electron chi connectivity index (χ1n) is 4.86.